The van der Waals surface area contributed by atoms with E-state index in [1.165, 1.54) is 0 Å². The van der Waals surface area contributed by atoms with Gasteiger partial charge in [0.2, 0.25) is 5.91 Å². The predicted octanol–water partition coefficient (Wildman–Crippen LogP) is 4.73. The minimum absolute atomic E-state index is 0.0342. The molecule has 4 nitrogen and oxygen atoms in total. The Labute approximate surface area is 150 Å². The summed E-state index contributed by atoms with van der Waals surface area (Å²) >= 11 is 6.12. The van der Waals surface area contributed by atoms with Gasteiger partial charge in [-0.2, -0.15) is 5.26 Å². The van der Waals surface area contributed by atoms with Crippen LogP contribution in [0.1, 0.15) is 39.7 Å². The number of hydrogen-bond donors (Lipinski definition) is 0. The van der Waals surface area contributed by atoms with Crippen LogP contribution in [0.25, 0.3) is 0 Å². The van der Waals surface area contributed by atoms with E-state index in [1.807, 2.05) is 13.0 Å². The number of carbonyl (C=O) groups excluding carboxylic acids is 1. The zero-order valence-electron chi connectivity index (χ0n) is 15.2. The SMILES string of the molecule is C[C@H]1[C@@H](O[Si-](C)(C)C(C)(C)C)CC(=O)N1c1ccc(C#N)c(Cl)c1. The minimum atomic E-state index is -1.95. The van der Waals surface area contributed by atoms with Crippen molar-refractivity contribution in [3.63, 3.8) is 0 Å². The maximum absolute atomic E-state index is 12.6. The van der Waals surface area contributed by atoms with Gasteiger partial charge in [-0.3, -0.25) is 4.79 Å². The monoisotopic (exact) mass is 364 g/mol. The van der Waals surface area contributed by atoms with Crippen molar-refractivity contribution in [2.75, 3.05) is 4.90 Å². The second-order valence-corrected chi connectivity index (χ2v) is 13.1. The van der Waals surface area contributed by atoms with E-state index in [1.54, 1.807) is 23.1 Å². The molecule has 2 atom stereocenters. The summed E-state index contributed by atoms with van der Waals surface area (Å²) in [6.07, 6.45) is 0.262. The molecule has 24 heavy (non-hydrogen) atoms. The summed E-state index contributed by atoms with van der Waals surface area (Å²) in [6, 6.07) is 7.09. The Morgan fingerprint density at radius 1 is 1.38 bits per heavy atom. The average Bonchev–Trinajstić information content (AvgIpc) is 2.71. The molecule has 0 saturated carbocycles. The lowest BCUT2D eigenvalue weighted by atomic mass is 10.1. The number of anilines is 1. The van der Waals surface area contributed by atoms with Crippen molar-refractivity contribution in [1.29, 1.82) is 5.26 Å². The van der Waals surface area contributed by atoms with Crippen LogP contribution in [-0.4, -0.2) is 26.4 Å². The normalized spacial score (nSPS) is 21.9. The fourth-order valence-corrected chi connectivity index (χ4v) is 4.26. The second-order valence-electron chi connectivity index (χ2n) is 7.90. The van der Waals surface area contributed by atoms with Crippen LogP contribution in [0.15, 0.2) is 18.2 Å². The number of amides is 1. The highest BCUT2D eigenvalue weighted by Gasteiger charge is 2.40. The fourth-order valence-electron chi connectivity index (χ4n) is 2.65. The van der Waals surface area contributed by atoms with Crippen molar-refractivity contribution < 1.29 is 9.22 Å². The van der Waals surface area contributed by atoms with Crippen LogP contribution in [0.4, 0.5) is 5.69 Å². The number of nitrogens with zero attached hydrogens (tertiary/aromatic N) is 2. The van der Waals surface area contributed by atoms with Gasteiger partial charge in [-0.05, 0) is 33.4 Å². The van der Waals surface area contributed by atoms with Crippen molar-refractivity contribution in [2.45, 2.75) is 64.4 Å². The summed E-state index contributed by atoms with van der Waals surface area (Å²) in [5.74, 6) is 0.0342. The molecule has 1 aliphatic rings. The highest BCUT2D eigenvalue weighted by Crippen LogP contribution is 2.40. The molecule has 0 aliphatic carbocycles. The number of benzene rings is 1. The molecular weight excluding hydrogens is 340 g/mol. The summed E-state index contributed by atoms with van der Waals surface area (Å²) in [4.78, 5) is 14.3. The van der Waals surface area contributed by atoms with Crippen LogP contribution >= 0.6 is 11.6 Å². The molecule has 1 amide bonds. The van der Waals surface area contributed by atoms with Crippen molar-refractivity contribution >= 4 is 31.5 Å². The highest BCUT2D eigenvalue weighted by molar-refractivity contribution is 6.74. The van der Waals surface area contributed by atoms with Gasteiger partial charge in [0.1, 0.15) is 6.07 Å². The maximum atomic E-state index is 12.6. The third-order valence-electron chi connectivity index (χ3n) is 5.19. The molecule has 0 bridgehead atoms. The number of halogens is 1. The first kappa shape index (κ1) is 19.0. The van der Waals surface area contributed by atoms with Gasteiger partial charge in [0.25, 0.3) is 0 Å². The predicted molar refractivity (Wildman–Crippen MR) is 99.8 cm³/mol. The second kappa shape index (κ2) is 6.51. The van der Waals surface area contributed by atoms with Gasteiger partial charge in [0.15, 0.2) is 0 Å². The number of rotatable bonds is 3. The van der Waals surface area contributed by atoms with Crippen LogP contribution in [0.2, 0.25) is 23.2 Å². The molecule has 131 valence electrons. The molecule has 1 fully saturated rings. The van der Waals surface area contributed by atoms with E-state index < -0.39 is 8.32 Å². The van der Waals surface area contributed by atoms with Crippen molar-refractivity contribution in [3.05, 3.63) is 28.8 Å². The van der Waals surface area contributed by atoms with Crippen LogP contribution in [0.5, 0.6) is 0 Å². The van der Waals surface area contributed by atoms with Gasteiger partial charge in [-0.1, -0.05) is 32.4 Å². The Morgan fingerprint density at radius 3 is 2.50 bits per heavy atom. The van der Waals surface area contributed by atoms with Gasteiger partial charge in [0.05, 0.1) is 23.0 Å². The summed E-state index contributed by atoms with van der Waals surface area (Å²) in [5.41, 5.74) is 1.13. The van der Waals surface area contributed by atoms with Crippen LogP contribution in [-0.2, 0) is 9.22 Å². The Hall–Kier alpha value is -1.35. The first-order valence-electron chi connectivity index (χ1n) is 8.17. The summed E-state index contributed by atoms with van der Waals surface area (Å²) in [6.45, 7) is 13.0. The van der Waals surface area contributed by atoms with Gasteiger partial charge < -0.3 is 9.33 Å². The van der Waals surface area contributed by atoms with E-state index >= 15 is 0 Å². The van der Waals surface area contributed by atoms with E-state index in [9.17, 15) is 4.79 Å². The summed E-state index contributed by atoms with van der Waals surface area (Å²) in [7, 11) is -1.95. The Kier molecular flexibility index (Phi) is 5.15. The Bertz CT molecular complexity index is 691. The zero-order valence-corrected chi connectivity index (χ0v) is 16.9. The van der Waals surface area contributed by atoms with Gasteiger partial charge >= 0.3 is 0 Å². The fraction of sp³-hybridized carbons (Fsp3) is 0.556. The molecular formula is C18H25ClN2O2Si-. The molecule has 1 aromatic rings. The molecule has 6 heteroatoms. The smallest absolute Gasteiger partial charge is 0.229 e. The van der Waals surface area contributed by atoms with E-state index in [-0.39, 0.29) is 23.1 Å². The van der Waals surface area contributed by atoms with Gasteiger partial charge in [-0.25, -0.2) is 0 Å². The van der Waals surface area contributed by atoms with Crippen molar-refractivity contribution in [3.8, 4) is 6.07 Å². The molecule has 0 aromatic heterocycles. The average molecular weight is 365 g/mol. The van der Waals surface area contributed by atoms with Crippen LogP contribution < -0.4 is 4.90 Å². The number of carbonyl (C=O) groups is 1. The number of hydrogen-bond acceptors (Lipinski definition) is 3. The standard InChI is InChI=1S/C18H25ClN2O2Si/c1-12-16(23-24(5,6)18(2,3)4)10-17(22)21(12)14-8-7-13(11-20)15(19)9-14/h7-9,12,16H,10H2,1-6H3/q-1/t12-,16-/m0/s1. The zero-order chi connectivity index (χ0) is 18.3. The molecule has 0 radical (unpaired) electrons. The van der Waals surface area contributed by atoms with E-state index in [2.05, 4.69) is 33.9 Å². The first-order valence-corrected chi connectivity index (χ1v) is 11.5. The van der Waals surface area contributed by atoms with E-state index in [0.29, 0.717) is 17.0 Å². The molecule has 1 aliphatic heterocycles. The third-order valence-corrected chi connectivity index (χ3v) is 10.0. The topological polar surface area (TPSA) is 53.3 Å². The molecule has 0 spiro atoms. The lowest BCUT2D eigenvalue weighted by molar-refractivity contribution is -0.117. The molecule has 1 aromatic carbocycles. The lowest BCUT2D eigenvalue weighted by Crippen LogP contribution is -2.47. The van der Waals surface area contributed by atoms with E-state index in [4.69, 9.17) is 21.3 Å². The quantitative estimate of drug-likeness (QED) is 0.728. The Morgan fingerprint density at radius 2 is 2.00 bits per heavy atom. The van der Waals surface area contributed by atoms with Crippen LogP contribution in [0, 0.1) is 11.3 Å². The maximum Gasteiger partial charge on any atom is 0.229 e. The van der Waals surface area contributed by atoms with Crippen molar-refractivity contribution in [2.24, 2.45) is 0 Å². The number of nitriles is 1. The third kappa shape index (κ3) is 3.51. The van der Waals surface area contributed by atoms with Crippen LogP contribution in [0.3, 0.4) is 0 Å². The molecule has 1 saturated heterocycles. The van der Waals surface area contributed by atoms with Crippen molar-refractivity contribution in [1.82, 2.24) is 0 Å². The van der Waals surface area contributed by atoms with E-state index in [0.717, 1.165) is 5.69 Å². The lowest BCUT2D eigenvalue weighted by Gasteiger charge is -2.51. The largest absolute Gasteiger partial charge is 0.560 e. The van der Waals surface area contributed by atoms with Gasteiger partial charge in [0, 0.05) is 11.8 Å². The molecule has 0 unspecified atom stereocenters. The van der Waals surface area contributed by atoms with Gasteiger partial charge in [-0.15, -0.1) is 18.1 Å². The molecule has 0 N–H and O–H groups in total. The summed E-state index contributed by atoms with van der Waals surface area (Å²) < 4.78 is 6.46. The molecule has 1 heterocycles. The first-order chi connectivity index (χ1) is 11.0. The summed E-state index contributed by atoms with van der Waals surface area (Å²) in [5, 5.41) is 9.46. The minimum Gasteiger partial charge on any atom is -0.560 e. The Balaban J connectivity index is 2.25. The highest BCUT2D eigenvalue weighted by atomic mass is 35.5. The molecule has 2 rings (SSSR count).